The molecule has 3 rings (SSSR count). The normalized spacial score (nSPS) is 24.6. The van der Waals surface area contributed by atoms with Gasteiger partial charge in [-0.2, -0.15) is 0 Å². The molecule has 0 atom stereocenters. The first-order chi connectivity index (χ1) is 9.80. The number of aliphatic hydroxyl groups is 1. The van der Waals surface area contributed by atoms with Crippen LogP contribution in [0.5, 0.6) is 0 Å². The summed E-state index contributed by atoms with van der Waals surface area (Å²) in [5, 5.41) is 14.2. The largest absolute Gasteiger partial charge is 0.389 e. The van der Waals surface area contributed by atoms with Gasteiger partial charge in [0.25, 0.3) is 0 Å². The van der Waals surface area contributed by atoms with Crippen molar-refractivity contribution in [3.05, 3.63) is 16.1 Å². The third-order valence-corrected chi connectivity index (χ3v) is 6.55. The topological polar surface area (TPSA) is 33.1 Å². The van der Waals surface area contributed by atoms with Gasteiger partial charge in [0.05, 0.1) is 16.3 Å². The molecule has 3 heteroatoms. The van der Waals surface area contributed by atoms with Gasteiger partial charge in [0, 0.05) is 17.2 Å². The average molecular weight is 308 g/mol. The Hall–Kier alpha value is -0.410. The molecule has 0 aromatic carbocycles. The predicted molar refractivity (Wildman–Crippen MR) is 88.8 cm³/mol. The molecule has 2 saturated carbocycles. The minimum atomic E-state index is -0.499. The lowest BCUT2D eigenvalue weighted by atomic mass is 9.67. The summed E-state index contributed by atoms with van der Waals surface area (Å²) >= 11 is 1.72. The predicted octanol–water partition coefficient (Wildman–Crippen LogP) is 4.85. The summed E-state index contributed by atoms with van der Waals surface area (Å²) in [5.74, 6) is 0. The molecule has 0 aliphatic heterocycles. The molecule has 0 radical (unpaired) electrons. The maximum absolute atomic E-state index is 10.9. The highest BCUT2D eigenvalue weighted by Gasteiger charge is 2.43. The quantitative estimate of drug-likeness (QED) is 0.847. The van der Waals surface area contributed by atoms with Gasteiger partial charge < -0.3 is 5.11 Å². The van der Waals surface area contributed by atoms with Gasteiger partial charge in [-0.05, 0) is 43.9 Å². The molecule has 0 unspecified atom stereocenters. The van der Waals surface area contributed by atoms with E-state index in [-0.39, 0.29) is 5.41 Å². The van der Waals surface area contributed by atoms with Crippen LogP contribution in [0.15, 0.2) is 5.38 Å². The standard InChI is InChI=1S/C18H29NOS/c1-16(2,3)14-13-21-15(19-14)12-18(20)10-8-17(9-11-18)6-4-5-7-17/h13,20H,4-12H2,1-3H3. The summed E-state index contributed by atoms with van der Waals surface area (Å²) in [6, 6.07) is 0. The van der Waals surface area contributed by atoms with Gasteiger partial charge in [-0.3, -0.25) is 0 Å². The van der Waals surface area contributed by atoms with Crippen LogP contribution in [-0.4, -0.2) is 15.7 Å². The maximum atomic E-state index is 10.9. The Bertz CT molecular complexity index is 484. The fourth-order valence-corrected chi connectivity index (χ4v) is 5.22. The summed E-state index contributed by atoms with van der Waals surface area (Å²) in [5.41, 5.74) is 1.36. The van der Waals surface area contributed by atoms with Gasteiger partial charge in [-0.25, -0.2) is 4.98 Å². The molecule has 2 aliphatic carbocycles. The summed E-state index contributed by atoms with van der Waals surface area (Å²) in [4.78, 5) is 4.77. The zero-order valence-electron chi connectivity index (χ0n) is 13.7. The number of aromatic nitrogens is 1. The van der Waals surface area contributed by atoms with Crippen LogP contribution in [-0.2, 0) is 11.8 Å². The number of hydrogen-bond donors (Lipinski definition) is 1. The molecular weight excluding hydrogens is 278 g/mol. The van der Waals surface area contributed by atoms with Crippen LogP contribution in [0.1, 0.15) is 82.8 Å². The van der Waals surface area contributed by atoms with Gasteiger partial charge in [-0.15, -0.1) is 11.3 Å². The van der Waals surface area contributed by atoms with Crippen LogP contribution in [0.2, 0.25) is 0 Å². The summed E-state index contributed by atoms with van der Waals surface area (Å²) in [7, 11) is 0. The maximum Gasteiger partial charge on any atom is 0.0957 e. The lowest BCUT2D eigenvalue weighted by molar-refractivity contribution is -0.0322. The average Bonchev–Trinajstić information content (AvgIpc) is 3.03. The van der Waals surface area contributed by atoms with Crippen molar-refractivity contribution in [2.75, 3.05) is 0 Å². The zero-order valence-corrected chi connectivity index (χ0v) is 14.6. The van der Waals surface area contributed by atoms with Crippen LogP contribution in [0.25, 0.3) is 0 Å². The third kappa shape index (κ3) is 3.34. The van der Waals surface area contributed by atoms with E-state index in [9.17, 15) is 5.11 Å². The summed E-state index contributed by atoms with van der Waals surface area (Å²) in [6.07, 6.45) is 10.7. The van der Waals surface area contributed by atoms with Crippen LogP contribution < -0.4 is 0 Å². The Kier molecular flexibility index (Phi) is 3.94. The van der Waals surface area contributed by atoms with Crippen molar-refractivity contribution in [2.24, 2.45) is 5.41 Å². The van der Waals surface area contributed by atoms with Crippen molar-refractivity contribution in [3.8, 4) is 0 Å². The van der Waals surface area contributed by atoms with E-state index in [0.29, 0.717) is 5.41 Å². The zero-order chi connectivity index (χ0) is 15.1. The van der Waals surface area contributed by atoms with E-state index in [1.807, 2.05) is 0 Å². The van der Waals surface area contributed by atoms with Gasteiger partial charge in [0.15, 0.2) is 0 Å². The van der Waals surface area contributed by atoms with Crippen molar-refractivity contribution in [3.63, 3.8) is 0 Å². The minimum Gasteiger partial charge on any atom is -0.389 e. The van der Waals surface area contributed by atoms with Crippen LogP contribution >= 0.6 is 11.3 Å². The highest BCUT2D eigenvalue weighted by atomic mass is 32.1. The smallest absolute Gasteiger partial charge is 0.0957 e. The molecule has 2 nitrogen and oxygen atoms in total. The van der Waals surface area contributed by atoms with E-state index in [1.54, 1.807) is 11.3 Å². The molecule has 1 N–H and O–H groups in total. The van der Waals surface area contributed by atoms with Crippen molar-refractivity contribution in [2.45, 2.75) is 89.6 Å². The van der Waals surface area contributed by atoms with E-state index >= 15 is 0 Å². The van der Waals surface area contributed by atoms with Crippen LogP contribution in [0, 0.1) is 5.41 Å². The lowest BCUT2D eigenvalue weighted by Gasteiger charge is -2.42. The number of nitrogens with zero attached hydrogens (tertiary/aromatic N) is 1. The van der Waals surface area contributed by atoms with Crippen molar-refractivity contribution < 1.29 is 5.11 Å². The van der Waals surface area contributed by atoms with Gasteiger partial charge >= 0.3 is 0 Å². The van der Waals surface area contributed by atoms with E-state index in [0.717, 1.165) is 30.0 Å². The second-order valence-corrected chi connectivity index (χ2v) is 9.43. The molecular formula is C18H29NOS. The van der Waals surface area contributed by atoms with Gasteiger partial charge in [0.1, 0.15) is 0 Å². The Morgan fingerprint density at radius 1 is 1.10 bits per heavy atom. The van der Waals surface area contributed by atoms with Crippen molar-refractivity contribution >= 4 is 11.3 Å². The fraction of sp³-hybridized carbons (Fsp3) is 0.833. The second kappa shape index (κ2) is 5.34. The fourth-order valence-electron chi connectivity index (χ4n) is 4.07. The molecule has 1 spiro atoms. The molecule has 2 fully saturated rings. The summed E-state index contributed by atoms with van der Waals surface area (Å²) < 4.78 is 0. The first-order valence-corrected chi connectivity index (χ1v) is 9.36. The SMILES string of the molecule is CC(C)(C)c1csc(CC2(O)CCC3(CCCC3)CC2)n1. The molecule has 118 valence electrons. The first kappa shape index (κ1) is 15.5. The highest BCUT2D eigenvalue weighted by Crippen LogP contribution is 2.51. The Morgan fingerprint density at radius 2 is 1.71 bits per heavy atom. The van der Waals surface area contributed by atoms with E-state index in [1.165, 1.54) is 38.5 Å². The van der Waals surface area contributed by atoms with E-state index in [2.05, 4.69) is 26.2 Å². The Balaban J connectivity index is 1.63. The van der Waals surface area contributed by atoms with E-state index in [4.69, 9.17) is 4.98 Å². The molecule has 0 saturated heterocycles. The van der Waals surface area contributed by atoms with Crippen molar-refractivity contribution in [1.82, 2.24) is 4.98 Å². The summed E-state index contributed by atoms with van der Waals surface area (Å²) in [6.45, 7) is 6.60. The second-order valence-electron chi connectivity index (χ2n) is 8.48. The Labute approximate surface area is 133 Å². The molecule has 0 bridgehead atoms. The van der Waals surface area contributed by atoms with Gasteiger partial charge in [-0.1, -0.05) is 33.6 Å². The number of thiazole rings is 1. The number of hydrogen-bond acceptors (Lipinski definition) is 3. The molecule has 1 aromatic rings. The lowest BCUT2D eigenvalue weighted by Crippen LogP contribution is -2.39. The van der Waals surface area contributed by atoms with E-state index < -0.39 is 5.60 Å². The molecule has 0 amide bonds. The van der Waals surface area contributed by atoms with Gasteiger partial charge in [0.2, 0.25) is 0 Å². The third-order valence-electron chi connectivity index (χ3n) is 5.71. The van der Waals surface area contributed by atoms with Crippen LogP contribution in [0.3, 0.4) is 0 Å². The molecule has 2 aliphatic rings. The van der Waals surface area contributed by atoms with Crippen molar-refractivity contribution in [1.29, 1.82) is 0 Å². The molecule has 1 aromatic heterocycles. The highest BCUT2D eigenvalue weighted by molar-refractivity contribution is 7.09. The van der Waals surface area contributed by atoms with Crippen LogP contribution in [0.4, 0.5) is 0 Å². The molecule has 21 heavy (non-hydrogen) atoms. The Morgan fingerprint density at radius 3 is 2.24 bits per heavy atom. The monoisotopic (exact) mass is 307 g/mol. The minimum absolute atomic E-state index is 0.109. The number of rotatable bonds is 2. The molecule has 1 heterocycles. The first-order valence-electron chi connectivity index (χ1n) is 8.48.